The second-order valence-corrected chi connectivity index (χ2v) is 4.75. The second kappa shape index (κ2) is 6.33. The zero-order valence-electron chi connectivity index (χ0n) is 10.3. The maximum Gasteiger partial charge on any atom is 0.251 e. The fourth-order valence-corrected chi connectivity index (χ4v) is 2.53. The Bertz CT molecular complexity index is 254. The summed E-state index contributed by atoms with van der Waals surface area (Å²) < 4.78 is 5.44. The van der Waals surface area contributed by atoms with Crippen molar-refractivity contribution in [1.82, 2.24) is 9.80 Å². The molecular formula is C12H22N2O3. The van der Waals surface area contributed by atoms with Crippen LogP contribution in [0.3, 0.4) is 0 Å². The average Bonchev–Trinajstić information content (AvgIpc) is 2.76. The van der Waals surface area contributed by atoms with Gasteiger partial charge < -0.3 is 14.7 Å². The molecule has 0 bridgehead atoms. The molecule has 2 saturated heterocycles. The van der Waals surface area contributed by atoms with Crippen LogP contribution in [0.5, 0.6) is 0 Å². The molecule has 1 amide bonds. The van der Waals surface area contributed by atoms with Gasteiger partial charge in [-0.05, 0) is 25.8 Å². The van der Waals surface area contributed by atoms with Crippen molar-refractivity contribution in [3.63, 3.8) is 0 Å². The highest BCUT2D eigenvalue weighted by atomic mass is 16.5. The molecule has 1 atom stereocenters. The van der Waals surface area contributed by atoms with Gasteiger partial charge in [0.05, 0.1) is 6.61 Å². The molecule has 98 valence electrons. The monoisotopic (exact) mass is 242 g/mol. The Balaban J connectivity index is 1.83. The van der Waals surface area contributed by atoms with Crippen LogP contribution in [0.4, 0.5) is 0 Å². The van der Waals surface area contributed by atoms with Gasteiger partial charge in [0, 0.05) is 32.8 Å². The lowest BCUT2D eigenvalue weighted by atomic mass is 10.2. The van der Waals surface area contributed by atoms with Crippen LogP contribution < -0.4 is 0 Å². The van der Waals surface area contributed by atoms with Gasteiger partial charge >= 0.3 is 0 Å². The summed E-state index contributed by atoms with van der Waals surface area (Å²) in [5.41, 5.74) is 0. The van der Waals surface area contributed by atoms with Gasteiger partial charge in [0.1, 0.15) is 6.10 Å². The van der Waals surface area contributed by atoms with E-state index < -0.39 is 0 Å². The summed E-state index contributed by atoms with van der Waals surface area (Å²) in [5, 5.41) is 8.92. The summed E-state index contributed by atoms with van der Waals surface area (Å²) in [7, 11) is 0. The third kappa shape index (κ3) is 3.40. The number of ether oxygens (including phenoxy) is 1. The maximum atomic E-state index is 12.2. The zero-order valence-corrected chi connectivity index (χ0v) is 10.3. The molecule has 0 saturated carbocycles. The van der Waals surface area contributed by atoms with Crippen LogP contribution in [0, 0.1) is 0 Å². The van der Waals surface area contributed by atoms with Gasteiger partial charge in [0.25, 0.3) is 5.91 Å². The Morgan fingerprint density at radius 1 is 1.24 bits per heavy atom. The number of β-amino-alcohol motifs (C(OH)–C–C–N with tert-alkyl or cyclic N) is 1. The summed E-state index contributed by atoms with van der Waals surface area (Å²) in [6.45, 7) is 5.04. The van der Waals surface area contributed by atoms with Gasteiger partial charge in [-0.15, -0.1) is 0 Å². The van der Waals surface area contributed by atoms with Crippen LogP contribution in [0.25, 0.3) is 0 Å². The predicted octanol–water partition coefficient (Wildman–Crippen LogP) is -0.308. The van der Waals surface area contributed by atoms with E-state index in [9.17, 15) is 4.79 Å². The number of hydrogen-bond donors (Lipinski definition) is 1. The first-order chi connectivity index (χ1) is 8.31. The highest BCUT2D eigenvalue weighted by molar-refractivity contribution is 5.81. The summed E-state index contributed by atoms with van der Waals surface area (Å²) in [6.07, 6.45) is 2.66. The first-order valence-electron chi connectivity index (χ1n) is 6.55. The van der Waals surface area contributed by atoms with Crippen molar-refractivity contribution in [1.29, 1.82) is 0 Å². The van der Waals surface area contributed by atoms with Crippen LogP contribution in [0.15, 0.2) is 0 Å². The second-order valence-electron chi connectivity index (χ2n) is 4.75. The lowest BCUT2D eigenvalue weighted by Gasteiger charge is -2.23. The quantitative estimate of drug-likeness (QED) is 0.738. The maximum absolute atomic E-state index is 12.2. The van der Waals surface area contributed by atoms with Gasteiger partial charge in [-0.2, -0.15) is 0 Å². The third-order valence-electron chi connectivity index (χ3n) is 3.52. The van der Waals surface area contributed by atoms with Gasteiger partial charge in [-0.1, -0.05) is 0 Å². The van der Waals surface area contributed by atoms with E-state index in [1.807, 2.05) is 4.90 Å². The lowest BCUT2D eigenvalue weighted by molar-refractivity contribution is -0.140. The number of carbonyl (C=O) groups is 1. The van der Waals surface area contributed by atoms with E-state index in [0.717, 1.165) is 52.0 Å². The Hall–Kier alpha value is -0.650. The van der Waals surface area contributed by atoms with Gasteiger partial charge in [-0.3, -0.25) is 9.69 Å². The van der Waals surface area contributed by atoms with Crippen molar-refractivity contribution in [2.75, 3.05) is 45.9 Å². The van der Waals surface area contributed by atoms with E-state index in [4.69, 9.17) is 9.84 Å². The van der Waals surface area contributed by atoms with E-state index >= 15 is 0 Å². The molecule has 0 aliphatic carbocycles. The lowest BCUT2D eigenvalue weighted by Crippen LogP contribution is -2.41. The number of amides is 1. The first-order valence-corrected chi connectivity index (χ1v) is 6.55. The number of rotatable bonds is 3. The summed E-state index contributed by atoms with van der Waals surface area (Å²) in [5.74, 6) is 0.161. The van der Waals surface area contributed by atoms with E-state index in [1.54, 1.807) is 0 Å². The van der Waals surface area contributed by atoms with Crippen LogP contribution in [0.2, 0.25) is 0 Å². The largest absolute Gasteiger partial charge is 0.395 e. The minimum absolute atomic E-state index is 0.161. The van der Waals surface area contributed by atoms with Crippen molar-refractivity contribution in [3.05, 3.63) is 0 Å². The molecule has 0 aromatic carbocycles. The molecule has 0 aromatic heterocycles. The minimum atomic E-state index is -0.195. The van der Waals surface area contributed by atoms with Crippen LogP contribution in [-0.2, 0) is 9.53 Å². The van der Waals surface area contributed by atoms with Crippen LogP contribution >= 0.6 is 0 Å². The number of carbonyl (C=O) groups excluding carboxylic acids is 1. The molecule has 5 heteroatoms. The molecule has 2 aliphatic rings. The van der Waals surface area contributed by atoms with Crippen molar-refractivity contribution in [2.45, 2.75) is 25.4 Å². The number of hydrogen-bond acceptors (Lipinski definition) is 4. The fourth-order valence-electron chi connectivity index (χ4n) is 2.53. The standard InChI is InChI=1S/C12H22N2O3/c15-9-8-13-4-2-5-14(7-6-13)12(16)11-3-1-10-17-11/h11,15H,1-10H2/t11-/m0/s1. The SMILES string of the molecule is O=C([C@@H]1CCCO1)N1CCCN(CCO)CC1. The topological polar surface area (TPSA) is 53.0 Å². The van der Waals surface area contributed by atoms with E-state index in [-0.39, 0.29) is 18.6 Å². The van der Waals surface area contributed by atoms with E-state index in [0.29, 0.717) is 6.54 Å². The summed E-state index contributed by atoms with van der Waals surface area (Å²) in [4.78, 5) is 16.3. The summed E-state index contributed by atoms with van der Waals surface area (Å²) >= 11 is 0. The molecule has 0 unspecified atom stereocenters. The normalized spacial score (nSPS) is 27.1. The molecule has 0 radical (unpaired) electrons. The Labute approximate surface area is 102 Å². The number of aliphatic hydroxyl groups excluding tert-OH is 1. The Kier molecular flexibility index (Phi) is 4.76. The zero-order chi connectivity index (χ0) is 12.1. The average molecular weight is 242 g/mol. The smallest absolute Gasteiger partial charge is 0.251 e. The molecule has 2 fully saturated rings. The van der Waals surface area contributed by atoms with E-state index in [1.165, 1.54) is 0 Å². The third-order valence-corrected chi connectivity index (χ3v) is 3.52. The predicted molar refractivity (Wildman–Crippen MR) is 63.7 cm³/mol. The molecule has 2 rings (SSSR count). The molecule has 0 spiro atoms. The summed E-state index contributed by atoms with van der Waals surface area (Å²) in [6, 6.07) is 0. The molecule has 1 N–H and O–H groups in total. The van der Waals surface area contributed by atoms with Gasteiger partial charge in [0.2, 0.25) is 0 Å². The van der Waals surface area contributed by atoms with Gasteiger partial charge in [-0.25, -0.2) is 0 Å². The highest BCUT2D eigenvalue weighted by Gasteiger charge is 2.29. The molecule has 0 aromatic rings. The van der Waals surface area contributed by atoms with Crippen molar-refractivity contribution in [2.24, 2.45) is 0 Å². The molecule has 2 heterocycles. The first kappa shape index (κ1) is 12.8. The van der Waals surface area contributed by atoms with Gasteiger partial charge in [0.15, 0.2) is 0 Å². The molecular weight excluding hydrogens is 220 g/mol. The molecule has 5 nitrogen and oxygen atoms in total. The highest BCUT2D eigenvalue weighted by Crippen LogP contribution is 2.15. The Morgan fingerprint density at radius 2 is 2.12 bits per heavy atom. The minimum Gasteiger partial charge on any atom is -0.395 e. The molecule has 2 aliphatic heterocycles. The van der Waals surface area contributed by atoms with Crippen molar-refractivity contribution >= 4 is 5.91 Å². The van der Waals surface area contributed by atoms with Crippen molar-refractivity contribution in [3.8, 4) is 0 Å². The number of nitrogens with zero attached hydrogens (tertiary/aromatic N) is 2. The Morgan fingerprint density at radius 3 is 2.82 bits per heavy atom. The van der Waals surface area contributed by atoms with Crippen LogP contribution in [0.1, 0.15) is 19.3 Å². The fraction of sp³-hybridized carbons (Fsp3) is 0.917. The van der Waals surface area contributed by atoms with Crippen molar-refractivity contribution < 1.29 is 14.6 Å². The molecule has 17 heavy (non-hydrogen) atoms. The van der Waals surface area contributed by atoms with E-state index in [2.05, 4.69) is 4.90 Å². The number of aliphatic hydroxyl groups is 1. The van der Waals surface area contributed by atoms with Crippen LogP contribution in [-0.4, -0.2) is 72.9 Å².